The van der Waals surface area contributed by atoms with Crippen molar-refractivity contribution in [1.29, 1.82) is 0 Å². The highest BCUT2D eigenvalue weighted by Gasteiger charge is 2.20. The van der Waals surface area contributed by atoms with E-state index in [9.17, 15) is 9.59 Å². The molecule has 0 spiro atoms. The Morgan fingerprint density at radius 3 is 2.79 bits per heavy atom. The van der Waals surface area contributed by atoms with Gasteiger partial charge in [-0.15, -0.1) is 0 Å². The van der Waals surface area contributed by atoms with Gasteiger partial charge in [-0.3, -0.25) is 9.59 Å². The van der Waals surface area contributed by atoms with Crippen molar-refractivity contribution in [3.05, 3.63) is 35.5 Å². The summed E-state index contributed by atoms with van der Waals surface area (Å²) in [6.45, 7) is 1.50. The summed E-state index contributed by atoms with van der Waals surface area (Å²) in [4.78, 5) is 24.7. The first-order valence-electron chi connectivity index (χ1n) is 8.95. The number of amides is 2. The number of carbonyl (C=O) groups is 2. The zero-order valence-electron chi connectivity index (χ0n) is 13.8. The molecule has 1 fully saturated rings. The summed E-state index contributed by atoms with van der Waals surface area (Å²) in [7, 11) is 0. The lowest BCUT2D eigenvalue weighted by Gasteiger charge is -2.22. The van der Waals surface area contributed by atoms with E-state index in [4.69, 9.17) is 0 Å². The van der Waals surface area contributed by atoms with Crippen molar-refractivity contribution in [3.8, 4) is 0 Å². The van der Waals surface area contributed by atoms with Crippen molar-refractivity contribution in [2.75, 3.05) is 6.54 Å². The Balaban J connectivity index is 1.63. The van der Waals surface area contributed by atoms with Crippen LogP contribution >= 0.6 is 0 Å². The largest absolute Gasteiger partial charge is 0.351 e. The van der Waals surface area contributed by atoms with Crippen molar-refractivity contribution in [2.24, 2.45) is 0 Å². The summed E-state index contributed by atoms with van der Waals surface area (Å²) in [6, 6.07) is 7.95. The van der Waals surface area contributed by atoms with Crippen molar-refractivity contribution in [3.63, 3.8) is 0 Å². The molecule has 1 aromatic heterocycles. The number of hydrogen-bond donors (Lipinski definition) is 2. The maximum atomic E-state index is 12.6. The van der Waals surface area contributed by atoms with Gasteiger partial charge in [0.25, 0.3) is 11.8 Å². The normalized spacial score (nSPS) is 18.8. The molecule has 0 bridgehead atoms. The third-order valence-electron chi connectivity index (χ3n) is 5.18. The number of carbonyl (C=O) groups excluding carboxylic acids is 2. The van der Waals surface area contributed by atoms with Gasteiger partial charge in [-0.2, -0.15) is 0 Å². The standard InChI is InChI=1S/C19H23N3O2/c23-18(21-15-5-2-1-3-6-15)14-8-7-13-11-17-19(24)20-9-4-10-22(17)16(13)12-14/h7-8,11-12,15H,1-6,9-10H2,(H,20,24)(H,21,23). The number of rotatable bonds is 2. The molecule has 126 valence electrons. The SMILES string of the molecule is O=C(NC1CCCCC1)c1ccc2cc3n(c2c1)CCCNC3=O. The molecule has 2 heterocycles. The quantitative estimate of drug-likeness (QED) is 0.892. The Hall–Kier alpha value is -2.30. The number of fused-ring (bicyclic) bond motifs is 3. The van der Waals surface area contributed by atoms with Gasteiger partial charge in [0.15, 0.2) is 0 Å². The number of aromatic nitrogens is 1. The van der Waals surface area contributed by atoms with Crippen LogP contribution in [-0.2, 0) is 6.54 Å². The molecule has 5 heteroatoms. The third kappa shape index (κ3) is 2.79. The van der Waals surface area contributed by atoms with Gasteiger partial charge in [-0.05, 0) is 37.5 Å². The Morgan fingerprint density at radius 2 is 1.96 bits per heavy atom. The second kappa shape index (κ2) is 6.30. The molecule has 2 amide bonds. The van der Waals surface area contributed by atoms with Crippen LogP contribution in [0, 0.1) is 0 Å². The Morgan fingerprint density at radius 1 is 1.12 bits per heavy atom. The predicted molar refractivity (Wildman–Crippen MR) is 93.2 cm³/mol. The highest BCUT2D eigenvalue weighted by Crippen LogP contribution is 2.24. The van der Waals surface area contributed by atoms with Crippen LogP contribution in [0.25, 0.3) is 10.9 Å². The second-order valence-corrected chi connectivity index (χ2v) is 6.87. The van der Waals surface area contributed by atoms with Crippen molar-refractivity contribution in [2.45, 2.75) is 51.1 Å². The molecule has 1 aliphatic heterocycles. The van der Waals surface area contributed by atoms with E-state index in [0.717, 1.165) is 36.7 Å². The van der Waals surface area contributed by atoms with E-state index in [2.05, 4.69) is 10.6 Å². The Labute approximate surface area is 141 Å². The summed E-state index contributed by atoms with van der Waals surface area (Å²) in [5.74, 6) is -0.0330. The van der Waals surface area contributed by atoms with Gasteiger partial charge in [-0.1, -0.05) is 25.3 Å². The predicted octanol–water partition coefficient (Wildman–Crippen LogP) is 2.84. The maximum Gasteiger partial charge on any atom is 0.267 e. The zero-order valence-corrected chi connectivity index (χ0v) is 13.8. The Kier molecular flexibility index (Phi) is 4.00. The van der Waals surface area contributed by atoms with Crippen molar-refractivity contribution in [1.82, 2.24) is 15.2 Å². The molecule has 0 radical (unpaired) electrons. The number of nitrogens with one attached hydrogen (secondary N) is 2. The number of nitrogens with zero attached hydrogens (tertiary/aromatic N) is 1. The molecule has 0 atom stereocenters. The summed E-state index contributed by atoms with van der Waals surface area (Å²) >= 11 is 0. The van der Waals surface area contributed by atoms with Crippen LogP contribution < -0.4 is 10.6 Å². The van der Waals surface area contributed by atoms with Gasteiger partial charge in [0.1, 0.15) is 5.69 Å². The fourth-order valence-corrected chi connectivity index (χ4v) is 3.87. The van der Waals surface area contributed by atoms with E-state index in [-0.39, 0.29) is 11.8 Å². The lowest BCUT2D eigenvalue weighted by molar-refractivity contribution is 0.0925. The summed E-state index contributed by atoms with van der Waals surface area (Å²) in [6.07, 6.45) is 6.73. The molecule has 2 aliphatic rings. The van der Waals surface area contributed by atoms with Crippen LogP contribution in [0.1, 0.15) is 59.4 Å². The first-order chi connectivity index (χ1) is 11.7. The topological polar surface area (TPSA) is 63.1 Å². The fraction of sp³-hybridized carbons (Fsp3) is 0.474. The van der Waals surface area contributed by atoms with E-state index < -0.39 is 0 Å². The van der Waals surface area contributed by atoms with Gasteiger partial charge >= 0.3 is 0 Å². The van der Waals surface area contributed by atoms with E-state index in [1.54, 1.807) is 0 Å². The number of benzene rings is 1. The van der Waals surface area contributed by atoms with Gasteiger partial charge in [-0.25, -0.2) is 0 Å². The van der Waals surface area contributed by atoms with Crippen LogP contribution in [0.3, 0.4) is 0 Å². The average Bonchev–Trinajstić information content (AvgIpc) is 2.87. The lowest BCUT2D eigenvalue weighted by atomic mass is 9.95. The molecule has 1 aliphatic carbocycles. The van der Waals surface area contributed by atoms with E-state index in [0.29, 0.717) is 23.8 Å². The van der Waals surface area contributed by atoms with Crippen molar-refractivity contribution < 1.29 is 9.59 Å². The maximum absolute atomic E-state index is 12.6. The first kappa shape index (κ1) is 15.2. The van der Waals surface area contributed by atoms with Crippen LogP contribution in [0.4, 0.5) is 0 Å². The Bertz CT molecular complexity index is 787. The molecule has 4 rings (SSSR count). The highest BCUT2D eigenvalue weighted by molar-refractivity contribution is 6.02. The zero-order chi connectivity index (χ0) is 16.5. The van der Waals surface area contributed by atoms with Crippen LogP contribution in [-0.4, -0.2) is 29.0 Å². The summed E-state index contributed by atoms with van der Waals surface area (Å²) < 4.78 is 2.04. The third-order valence-corrected chi connectivity index (χ3v) is 5.18. The molecule has 0 unspecified atom stereocenters. The number of aryl methyl sites for hydroxylation is 1. The van der Waals surface area contributed by atoms with E-state index >= 15 is 0 Å². The number of hydrogen-bond acceptors (Lipinski definition) is 2. The minimum absolute atomic E-state index is 0.00239. The first-order valence-corrected chi connectivity index (χ1v) is 8.95. The molecular weight excluding hydrogens is 302 g/mol. The molecule has 2 aromatic rings. The molecule has 1 aromatic carbocycles. The minimum atomic E-state index is -0.0306. The van der Waals surface area contributed by atoms with E-state index in [1.807, 2.05) is 28.8 Å². The minimum Gasteiger partial charge on any atom is -0.351 e. The molecular formula is C19H23N3O2. The van der Waals surface area contributed by atoms with Crippen LogP contribution in [0.15, 0.2) is 24.3 Å². The van der Waals surface area contributed by atoms with Gasteiger partial charge < -0.3 is 15.2 Å². The van der Waals surface area contributed by atoms with E-state index in [1.165, 1.54) is 19.3 Å². The summed E-state index contributed by atoms with van der Waals surface area (Å²) in [5.41, 5.74) is 2.34. The molecule has 5 nitrogen and oxygen atoms in total. The van der Waals surface area contributed by atoms with Crippen LogP contribution in [0.2, 0.25) is 0 Å². The molecule has 0 saturated heterocycles. The molecule has 2 N–H and O–H groups in total. The smallest absolute Gasteiger partial charge is 0.267 e. The second-order valence-electron chi connectivity index (χ2n) is 6.87. The lowest BCUT2D eigenvalue weighted by Crippen LogP contribution is -2.36. The van der Waals surface area contributed by atoms with Gasteiger partial charge in [0.2, 0.25) is 0 Å². The van der Waals surface area contributed by atoms with Gasteiger partial charge in [0, 0.05) is 35.6 Å². The monoisotopic (exact) mass is 325 g/mol. The molecule has 1 saturated carbocycles. The highest BCUT2D eigenvalue weighted by atomic mass is 16.2. The molecule has 24 heavy (non-hydrogen) atoms. The fourth-order valence-electron chi connectivity index (χ4n) is 3.87. The average molecular weight is 325 g/mol. The summed E-state index contributed by atoms with van der Waals surface area (Å²) in [5, 5.41) is 7.09. The van der Waals surface area contributed by atoms with Crippen LogP contribution in [0.5, 0.6) is 0 Å². The van der Waals surface area contributed by atoms with Gasteiger partial charge in [0.05, 0.1) is 0 Å². The van der Waals surface area contributed by atoms with Crippen molar-refractivity contribution >= 4 is 22.7 Å².